The SMILES string of the molecule is CCCOc1cccc(C(O)=C2C(=O)C(=O)N(Cc3ccco3)C2c2cccc(OC)c2)c1. The summed E-state index contributed by atoms with van der Waals surface area (Å²) in [7, 11) is 1.54. The van der Waals surface area contributed by atoms with Crippen molar-refractivity contribution in [2.24, 2.45) is 0 Å². The van der Waals surface area contributed by atoms with E-state index in [1.165, 1.54) is 11.2 Å². The van der Waals surface area contributed by atoms with E-state index in [4.69, 9.17) is 13.9 Å². The second kappa shape index (κ2) is 9.65. The van der Waals surface area contributed by atoms with Crippen LogP contribution in [-0.4, -0.2) is 35.4 Å². The quantitative estimate of drug-likeness (QED) is 0.306. The highest BCUT2D eigenvalue weighted by molar-refractivity contribution is 6.46. The smallest absolute Gasteiger partial charge is 0.296 e. The number of likely N-dealkylation sites (tertiary alicyclic amines) is 1. The number of aliphatic hydroxyl groups excluding tert-OH is 1. The molecule has 7 nitrogen and oxygen atoms in total. The topological polar surface area (TPSA) is 89.2 Å². The standard InChI is InChI=1S/C26H25NO6/c1-3-12-32-20-10-5-8-18(15-20)24(28)22-23(17-7-4-9-19(14-17)31-2)27(26(30)25(22)29)16-21-11-6-13-33-21/h4-11,13-15,23,28H,3,12,16H2,1-2H3. The van der Waals surface area contributed by atoms with Crippen molar-refractivity contribution in [2.45, 2.75) is 25.9 Å². The van der Waals surface area contributed by atoms with Crippen LogP contribution < -0.4 is 9.47 Å². The molecule has 3 aromatic rings. The molecular weight excluding hydrogens is 422 g/mol. The predicted molar refractivity (Wildman–Crippen MR) is 122 cm³/mol. The van der Waals surface area contributed by atoms with E-state index in [0.717, 1.165) is 6.42 Å². The Bertz CT molecular complexity index is 1180. The van der Waals surface area contributed by atoms with E-state index >= 15 is 0 Å². The first-order chi connectivity index (χ1) is 16.0. The molecule has 0 aliphatic carbocycles. The van der Waals surface area contributed by atoms with Crippen molar-refractivity contribution in [3.8, 4) is 11.5 Å². The number of aliphatic hydroxyl groups is 1. The summed E-state index contributed by atoms with van der Waals surface area (Å²) >= 11 is 0. The molecule has 33 heavy (non-hydrogen) atoms. The van der Waals surface area contributed by atoms with Crippen molar-refractivity contribution in [1.82, 2.24) is 4.90 Å². The summed E-state index contributed by atoms with van der Waals surface area (Å²) in [4.78, 5) is 27.6. The molecule has 7 heteroatoms. The molecule has 1 saturated heterocycles. The minimum absolute atomic E-state index is 0.00690. The molecular formula is C26H25NO6. The number of ketones is 1. The largest absolute Gasteiger partial charge is 0.507 e. The highest BCUT2D eigenvalue weighted by Crippen LogP contribution is 2.41. The Morgan fingerprint density at radius 1 is 1.06 bits per heavy atom. The number of hydrogen-bond acceptors (Lipinski definition) is 6. The van der Waals surface area contributed by atoms with Crippen molar-refractivity contribution in [3.63, 3.8) is 0 Å². The maximum absolute atomic E-state index is 13.2. The lowest BCUT2D eigenvalue weighted by Crippen LogP contribution is -2.29. The van der Waals surface area contributed by atoms with Gasteiger partial charge in [0.1, 0.15) is 23.0 Å². The van der Waals surface area contributed by atoms with E-state index < -0.39 is 17.7 Å². The van der Waals surface area contributed by atoms with Crippen LogP contribution in [0.1, 0.15) is 36.3 Å². The fraction of sp³-hybridized carbons (Fsp3) is 0.231. The van der Waals surface area contributed by atoms with Crippen LogP contribution in [0.25, 0.3) is 5.76 Å². The number of carbonyl (C=O) groups is 2. The van der Waals surface area contributed by atoms with Crippen LogP contribution in [0.15, 0.2) is 76.9 Å². The number of methoxy groups -OCH3 is 1. The van der Waals surface area contributed by atoms with Crippen molar-refractivity contribution >= 4 is 17.4 Å². The lowest BCUT2D eigenvalue weighted by atomic mass is 9.95. The van der Waals surface area contributed by atoms with E-state index in [9.17, 15) is 14.7 Å². The van der Waals surface area contributed by atoms with Crippen LogP contribution in [0.5, 0.6) is 11.5 Å². The molecule has 2 aromatic carbocycles. The molecule has 4 rings (SSSR count). The van der Waals surface area contributed by atoms with Gasteiger partial charge in [0, 0.05) is 5.56 Å². The van der Waals surface area contributed by atoms with Crippen LogP contribution in [0.2, 0.25) is 0 Å². The van der Waals surface area contributed by atoms with Gasteiger partial charge in [0.2, 0.25) is 0 Å². The minimum Gasteiger partial charge on any atom is -0.507 e. The van der Waals surface area contributed by atoms with Gasteiger partial charge in [-0.1, -0.05) is 31.2 Å². The fourth-order valence-electron chi connectivity index (χ4n) is 3.88. The maximum atomic E-state index is 13.2. The molecule has 1 aliphatic heterocycles. The molecule has 2 heterocycles. The van der Waals surface area contributed by atoms with Crippen LogP contribution >= 0.6 is 0 Å². The van der Waals surface area contributed by atoms with E-state index in [-0.39, 0.29) is 17.9 Å². The third kappa shape index (κ3) is 4.48. The fourth-order valence-corrected chi connectivity index (χ4v) is 3.88. The first-order valence-corrected chi connectivity index (χ1v) is 10.7. The van der Waals surface area contributed by atoms with Gasteiger partial charge >= 0.3 is 0 Å². The van der Waals surface area contributed by atoms with E-state index in [1.54, 1.807) is 67.8 Å². The second-order valence-corrected chi connectivity index (χ2v) is 7.66. The van der Waals surface area contributed by atoms with Gasteiger partial charge in [-0.15, -0.1) is 0 Å². The Kier molecular flexibility index (Phi) is 6.49. The van der Waals surface area contributed by atoms with E-state index in [0.29, 0.717) is 35.0 Å². The number of ether oxygens (including phenoxy) is 2. The van der Waals surface area contributed by atoms with Crippen LogP contribution in [-0.2, 0) is 16.1 Å². The van der Waals surface area contributed by atoms with Crippen molar-refractivity contribution in [1.29, 1.82) is 0 Å². The lowest BCUT2D eigenvalue weighted by Gasteiger charge is -2.24. The molecule has 1 aromatic heterocycles. The van der Waals surface area contributed by atoms with Crippen molar-refractivity contribution in [3.05, 3.63) is 89.4 Å². The summed E-state index contributed by atoms with van der Waals surface area (Å²) < 4.78 is 16.4. The number of furan rings is 1. The molecule has 0 saturated carbocycles. The number of rotatable bonds is 8. The van der Waals surface area contributed by atoms with Gasteiger partial charge in [-0.25, -0.2) is 0 Å². The zero-order chi connectivity index (χ0) is 23.4. The van der Waals surface area contributed by atoms with E-state index in [2.05, 4.69) is 0 Å². The highest BCUT2D eigenvalue weighted by atomic mass is 16.5. The van der Waals surface area contributed by atoms with Gasteiger partial charge in [-0.3, -0.25) is 9.59 Å². The summed E-state index contributed by atoms with van der Waals surface area (Å²) in [6.07, 6.45) is 2.35. The number of Topliss-reactive ketones (excluding diaryl/α,β-unsaturated/α-hetero) is 1. The molecule has 1 aliphatic rings. The lowest BCUT2D eigenvalue weighted by molar-refractivity contribution is -0.140. The Morgan fingerprint density at radius 2 is 1.85 bits per heavy atom. The number of nitrogens with zero attached hydrogens (tertiary/aromatic N) is 1. The molecule has 0 spiro atoms. The Balaban J connectivity index is 1.83. The Hall–Kier alpha value is -4.00. The summed E-state index contributed by atoms with van der Waals surface area (Å²) in [6, 6.07) is 16.6. The summed E-state index contributed by atoms with van der Waals surface area (Å²) in [5.74, 6) is -0.0505. The minimum atomic E-state index is -0.814. The maximum Gasteiger partial charge on any atom is 0.296 e. The number of carbonyl (C=O) groups excluding carboxylic acids is 2. The normalized spacial score (nSPS) is 17.4. The van der Waals surface area contributed by atoms with Gasteiger partial charge < -0.3 is 23.9 Å². The van der Waals surface area contributed by atoms with E-state index in [1.807, 2.05) is 6.92 Å². The second-order valence-electron chi connectivity index (χ2n) is 7.66. The number of hydrogen-bond donors (Lipinski definition) is 1. The molecule has 1 N–H and O–H groups in total. The van der Waals surface area contributed by atoms with Crippen molar-refractivity contribution < 1.29 is 28.6 Å². The average molecular weight is 447 g/mol. The predicted octanol–water partition coefficient (Wildman–Crippen LogP) is 4.70. The number of amides is 1. The van der Waals surface area contributed by atoms with Crippen LogP contribution in [0, 0.1) is 0 Å². The highest BCUT2D eigenvalue weighted by Gasteiger charge is 2.46. The third-order valence-electron chi connectivity index (χ3n) is 5.44. The van der Waals surface area contributed by atoms with Crippen LogP contribution in [0.4, 0.5) is 0 Å². The molecule has 1 fully saturated rings. The zero-order valence-corrected chi connectivity index (χ0v) is 18.5. The van der Waals surface area contributed by atoms with Gasteiger partial charge in [-0.05, 0) is 48.4 Å². The summed E-state index contributed by atoms with van der Waals surface area (Å²) in [5.41, 5.74) is 1.04. The molecule has 0 bridgehead atoms. The molecule has 1 amide bonds. The van der Waals surface area contributed by atoms with Gasteiger partial charge in [0.05, 0.1) is 38.1 Å². The zero-order valence-electron chi connectivity index (χ0n) is 18.5. The number of benzene rings is 2. The van der Waals surface area contributed by atoms with Gasteiger partial charge in [-0.2, -0.15) is 0 Å². The molecule has 170 valence electrons. The van der Waals surface area contributed by atoms with Gasteiger partial charge in [0.15, 0.2) is 0 Å². The molecule has 1 unspecified atom stereocenters. The first kappa shape index (κ1) is 22.2. The molecule has 0 radical (unpaired) electrons. The van der Waals surface area contributed by atoms with Gasteiger partial charge in [0.25, 0.3) is 11.7 Å². The van der Waals surface area contributed by atoms with Crippen molar-refractivity contribution in [2.75, 3.05) is 13.7 Å². The first-order valence-electron chi connectivity index (χ1n) is 10.7. The monoisotopic (exact) mass is 447 g/mol. The summed E-state index contributed by atoms with van der Waals surface area (Å²) in [6.45, 7) is 2.61. The third-order valence-corrected chi connectivity index (χ3v) is 5.44. The Morgan fingerprint density at radius 3 is 2.58 bits per heavy atom. The average Bonchev–Trinajstić information content (AvgIpc) is 3.45. The Labute approximate surface area is 191 Å². The molecule has 1 atom stereocenters. The summed E-state index contributed by atoms with van der Waals surface area (Å²) in [5, 5.41) is 11.2. The van der Waals surface area contributed by atoms with Crippen LogP contribution in [0.3, 0.4) is 0 Å².